The van der Waals surface area contributed by atoms with Crippen molar-refractivity contribution >= 4 is 17.4 Å². The molecule has 1 fully saturated rings. The number of nitrogens with zero attached hydrogens (tertiary/aromatic N) is 3. The van der Waals surface area contributed by atoms with Crippen LogP contribution in [0.1, 0.15) is 36.0 Å². The quantitative estimate of drug-likeness (QED) is 0.665. The summed E-state index contributed by atoms with van der Waals surface area (Å²) in [6, 6.07) is 18.7. The van der Waals surface area contributed by atoms with E-state index in [9.17, 15) is 4.79 Å². The van der Waals surface area contributed by atoms with Gasteiger partial charge in [-0.3, -0.25) is 4.79 Å². The van der Waals surface area contributed by atoms with Gasteiger partial charge in [0.15, 0.2) is 5.82 Å². The first-order valence-corrected chi connectivity index (χ1v) is 10.4. The van der Waals surface area contributed by atoms with E-state index >= 15 is 0 Å². The van der Waals surface area contributed by atoms with Gasteiger partial charge in [0.2, 0.25) is 0 Å². The molecule has 1 N–H and O–H groups in total. The first-order valence-electron chi connectivity index (χ1n) is 10.4. The fraction of sp³-hybridized carbons (Fsp3) is 0.292. The van der Waals surface area contributed by atoms with E-state index in [1.165, 1.54) is 25.7 Å². The highest BCUT2D eigenvalue weighted by molar-refractivity contribution is 6.04. The Balaban J connectivity index is 1.40. The molecular weight excluding hydrogens is 376 g/mol. The lowest BCUT2D eigenvalue weighted by molar-refractivity contribution is 0.102. The number of rotatable bonds is 5. The molecule has 0 saturated carbocycles. The SMILES string of the molecule is COc1ccc(C(=O)Nc2ccc(-c3ccc(N4CCCCCC4)nn3)cc2)cc1. The van der Waals surface area contributed by atoms with Gasteiger partial charge in [0, 0.05) is 29.9 Å². The van der Waals surface area contributed by atoms with Crippen LogP contribution in [0.2, 0.25) is 0 Å². The molecule has 0 unspecified atom stereocenters. The summed E-state index contributed by atoms with van der Waals surface area (Å²) >= 11 is 0. The highest BCUT2D eigenvalue weighted by Gasteiger charge is 2.12. The Bertz CT molecular complexity index is 962. The number of carbonyl (C=O) groups is 1. The molecule has 0 atom stereocenters. The van der Waals surface area contributed by atoms with Crippen molar-refractivity contribution < 1.29 is 9.53 Å². The summed E-state index contributed by atoms with van der Waals surface area (Å²) in [7, 11) is 1.60. The van der Waals surface area contributed by atoms with Crippen molar-refractivity contribution in [2.75, 3.05) is 30.4 Å². The highest BCUT2D eigenvalue weighted by Crippen LogP contribution is 2.22. The predicted octanol–water partition coefficient (Wildman–Crippen LogP) is 4.78. The van der Waals surface area contributed by atoms with Gasteiger partial charge in [0.1, 0.15) is 5.75 Å². The normalized spacial score (nSPS) is 14.1. The highest BCUT2D eigenvalue weighted by atomic mass is 16.5. The predicted molar refractivity (Wildman–Crippen MR) is 119 cm³/mol. The molecule has 0 spiro atoms. The molecule has 6 heteroatoms. The van der Waals surface area contributed by atoms with Crippen molar-refractivity contribution in [2.45, 2.75) is 25.7 Å². The van der Waals surface area contributed by atoms with Crippen LogP contribution in [0.25, 0.3) is 11.3 Å². The van der Waals surface area contributed by atoms with Crippen LogP contribution in [0.4, 0.5) is 11.5 Å². The zero-order valence-corrected chi connectivity index (χ0v) is 17.2. The molecule has 4 rings (SSSR count). The van der Waals surface area contributed by atoms with E-state index < -0.39 is 0 Å². The first-order chi connectivity index (χ1) is 14.7. The molecule has 2 aromatic carbocycles. The van der Waals surface area contributed by atoms with E-state index in [4.69, 9.17) is 4.74 Å². The van der Waals surface area contributed by atoms with Gasteiger partial charge in [0.05, 0.1) is 12.8 Å². The van der Waals surface area contributed by atoms with Crippen LogP contribution in [0.5, 0.6) is 5.75 Å². The largest absolute Gasteiger partial charge is 0.497 e. The summed E-state index contributed by atoms with van der Waals surface area (Å²) in [5, 5.41) is 11.8. The van der Waals surface area contributed by atoms with Crippen LogP contribution in [0.3, 0.4) is 0 Å². The minimum absolute atomic E-state index is 0.160. The zero-order chi connectivity index (χ0) is 20.8. The molecule has 154 valence electrons. The van der Waals surface area contributed by atoms with Crippen molar-refractivity contribution in [2.24, 2.45) is 0 Å². The first kappa shape index (κ1) is 19.9. The van der Waals surface area contributed by atoms with Crippen LogP contribution in [0.15, 0.2) is 60.7 Å². The number of benzene rings is 2. The number of hydrogen-bond donors (Lipinski definition) is 1. The maximum absolute atomic E-state index is 12.4. The van der Waals surface area contributed by atoms with Crippen LogP contribution in [-0.2, 0) is 0 Å². The number of anilines is 2. The summed E-state index contributed by atoms with van der Waals surface area (Å²) in [5.74, 6) is 1.51. The Morgan fingerprint density at radius 2 is 1.57 bits per heavy atom. The second-order valence-corrected chi connectivity index (χ2v) is 7.44. The van der Waals surface area contributed by atoms with Gasteiger partial charge in [-0.15, -0.1) is 10.2 Å². The summed E-state index contributed by atoms with van der Waals surface area (Å²) in [6.07, 6.45) is 5.02. The van der Waals surface area contributed by atoms with Crippen molar-refractivity contribution in [1.82, 2.24) is 10.2 Å². The summed E-state index contributed by atoms with van der Waals surface area (Å²) in [5.41, 5.74) is 3.09. The Morgan fingerprint density at radius 3 is 2.17 bits per heavy atom. The summed E-state index contributed by atoms with van der Waals surface area (Å²) in [6.45, 7) is 2.10. The lowest BCUT2D eigenvalue weighted by Crippen LogP contribution is -2.25. The van der Waals surface area contributed by atoms with Gasteiger partial charge in [-0.05, 0) is 61.4 Å². The number of amides is 1. The molecule has 1 saturated heterocycles. The monoisotopic (exact) mass is 402 g/mol. The van der Waals surface area contributed by atoms with Crippen molar-refractivity contribution in [3.8, 4) is 17.0 Å². The molecule has 30 heavy (non-hydrogen) atoms. The number of ether oxygens (including phenoxy) is 1. The topological polar surface area (TPSA) is 67.3 Å². The molecule has 3 aromatic rings. The van der Waals surface area contributed by atoms with E-state index in [0.717, 1.165) is 41.6 Å². The molecular formula is C24H26N4O2. The van der Waals surface area contributed by atoms with Gasteiger partial charge < -0.3 is 15.0 Å². The average molecular weight is 402 g/mol. The van der Waals surface area contributed by atoms with E-state index in [-0.39, 0.29) is 5.91 Å². The summed E-state index contributed by atoms with van der Waals surface area (Å²) in [4.78, 5) is 14.7. The molecule has 0 aliphatic carbocycles. The van der Waals surface area contributed by atoms with E-state index in [1.807, 2.05) is 36.4 Å². The van der Waals surface area contributed by atoms with Gasteiger partial charge in [-0.1, -0.05) is 25.0 Å². The van der Waals surface area contributed by atoms with E-state index in [0.29, 0.717) is 5.56 Å². The van der Waals surface area contributed by atoms with E-state index in [1.54, 1.807) is 31.4 Å². The lowest BCUT2D eigenvalue weighted by atomic mass is 10.1. The van der Waals surface area contributed by atoms with Crippen LogP contribution in [0, 0.1) is 0 Å². The Hall–Kier alpha value is -3.41. The Morgan fingerprint density at radius 1 is 0.867 bits per heavy atom. The number of aromatic nitrogens is 2. The third-order valence-corrected chi connectivity index (χ3v) is 5.37. The van der Waals surface area contributed by atoms with Crippen LogP contribution >= 0.6 is 0 Å². The minimum Gasteiger partial charge on any atom is -0.497 e. The maximum atomic E-state index is 12.4. The van der Waals surface area contributed by atoms with Crippen LogP contribution < -0.4 is 15.0 Å². The van der Waals surface area contributed by atoms with Crippen molar-refractivity contribution in [3.05, 3.63) is 66.2 Å². The number of methoxy groups -OCH3 is 1. The number of hydrogen-bond acceptors (Lipinski definition) is 5. The summed E-state index contributed by atoms with van der Waals surface area (Å²) < 4.78 is 5.12. The van der Waals surface area contributed by atoms with E-state index in [2.05, 4.69) is 20.4 Å². The third-order valence-electron chi connectivity index (χ3n) is 5.37. The molecule has 1 aromatic heterocycles. The molecule has 0 bridgehead atoms. The van der Waals surface area contributed by atoms with Gasteiger partial charge >= 0.3 is 0 Å². The van der Waals surface area contributed by atoms with Gasteiger partial charge in [-0.2, -0.15) is 0 Å². The molecule has 0 radical (unpaired) electrons. The third kappa shape index (κ3) is 4.76. The number of carbonyl (C=O) groups excluding carboxylic acids is 1. The number of nitrogens with one attached hydrogen (secondary N) is 1. The second-order valence-electron chi connectivity index (χ2n) is 7.44. The van der Waals surface area contributed by atoms with Gasteiger partial charge in [-0.25, -0.2) is 0 Å². The standard InChI is InChI=1S/C24H26N4O2/c1-30-21-12-8-19(9-13-21)24(29)25-20-10-6-18(7-11-20)22-14-15-23(27-26-22)28-16-4-2-3-5-17-28/h6-15H,2-5,16-17H2,1H3,(H,25,29). The molecule has 1 aliphatic heterocycles. The molecule has 2 heterocycles. The zero-order valence-electron chi connectivity index (χ0n) is 17.2. The minimum atomic E-state index is -0.160. The Labute approximate surface area is 176 Å². The second kappa shape index (κ2) is 9.39. The fourth-order valence-corrected chi connectivity index (χ4v) is 3.62. The maximum Gasteiger partial charge on any atom is 0.255 e. The molecule has 1 aliphatic rings. The average Bonchev–Trinajstić information content (AvgIpc) is 3.09. The van der Waals surface area contributed by atoms with Crippen molar-refractivity contribution in [1.29, 1.82) is 0 Å². The van der Waals surface area contributed by atoms with Crippen molar-refractivity contribution in [3.63, 3.8) is 0 Å². The lowest BCUT2D eigenvalue weighted by Gasteiger charge is -2.20. The smallest absolute Gasteiger partial charge is 0.255 e. The molecule has 6 nitrogen and oxygen atoms in total. The molecule has 1 amide bonds. The fourth-order valence-electron chi connectivity index (χ4n) is 3.62. The van der Waals surface area contributed by atoms with Gasteiger partial charge in [0.25, 0.3) is 5.91 Å². The van der Waals surface area contributed by atoms with Crippen LogP contribution in [-0.4, -0.2) is 36.3 Å². The Kier molecular flexibility index (Phi) is 6.23.